The summed E-state index contributed by atoms with van der Waals surface area (Å²) in [5.41, 5.74) is 1.40. The molecule has 1 aromatic heterocycles. The number of fused-ring (bicyclic) bond motifs is 1. The van der Waals surface area contributed by atoms with Gasteiger partial charge in [0.2, 0.25) is 0 Å². The minimum absolute atomic E-state index is 0.648. The molecule has 0 spiro atoms. The predicted molar refractivity (Wildman–Crippen MR) is 43.5 cm³/mol. The zero-order valence-electron chi connectivity index (χ0n) is 6.56. The first kappa shape index (κ1) is 6.97. The topological polar surface area (TPSA) is 47.3 Å². The van der Waals surface area contributed by atoms with Crippen molar-refractivity contribution in [3.05, 3.63) is 24.5 Å². The summed E-state index contributed by atoms with van der Waals surface area (Å²) in [4.78, 5) is 3.95. The summed E-state index contributed by atoms with van der Waals surface area (Å²) in [6.07, 6.45) is 1.35. The molecule has 0 atom stereocenters. The van der Waals surface area contributed by atoms with Gasteiger partial charge in [-0.25, -0.2) is 4.98 Å². The molecule has 2 aromatic rings. The van der Waals surface area contributed by atoms with Crippen molar-refractivity contribution in [3.63, 3.8) is 0 Å². The van der Waals surface area contributed by atoms with E-state index in [4.69, 9.17) is 4.74 Å². The Balaban J connectivity index is 2.71. The molecule has 1 heterocycles. The van der Waals surface area contributed by atoms with Crippen molar-refractivity contribution in [1.82, 2.24) is 9.71 Å². The van der Waals surface area contributed by atoms with Crippen LogP contribution in [0.3, 0.4) is 0 Å². The van der Waals surface area contributed by atoms with Gasteiger partial charge in [0.1, 0.15) is 17.6 Å². The van der Waals surface area contributed by atoms with E-state index in [0.717, 1.165) is 10.2 Å². The van der Waals surface area contributed by atoms with Gasteiger partial charge in [-0.3, -0.25) is 0 Å². The Morgan fingerprint density at radius 2 is 2.33 bits per heavy atom. The van der Waals surface area contributed by atoms with Gasteiger partial charge in [0.15, 0.2) is 0 Å². The maximum atomic E-state index is 9.23. The molecule has 4 nitrogen and oxygen atoms in total. The van der Waals surface area contributed by atoms with Gasteiger partial charge in [-0.15, -0.1) is 0 Å². The highest BCUT2D eigenvalue weighted by molar-refractivity contribution is 5.76. The van der Waals surface area contributed by atoms with Gasteiger partial charge < -0.3 is 9.94 Å². The molecule has 0 saturated carbocycles. The predicted octanol–water partition coefficient (Wildman–Crippen LogP) is 1.28. The molecular weight excluding hydrogens is 156 g/mol. The number of benzene rings is 1. The van der Waals surface area contributed by atoms with Gasteiger partial charge >= 0.3 is 0 Å². The maximum absolute atomic E-state index is 9.23. The molecule has 1 aromatic carbocycles. The van der Waals surface area contributed by atoms with Crippen LogP contribution < -0.4 is 4.74 Å². The van der Waals surface area contributed by atoms with Gasteiger partial charge in [0.25, 0.3) is 0 Å². The van der Waals surface area contributed by atoms with E-state index in [9.17, 15) is 5.21 Å². The maximum Gasteiger partial charge on any atom is 0.133 e. The second kappa shape index (κ2) is 2.41. The number of methoxy groups -OCH3 is 1. The Hall–Kier alpha value is -1.71. The van der Waals surface area contributed by atoms with E-state index >= 15 is 0 Å². The Bertz CT molecular complexity index is 408. The fourth-order valence-corrected chi connectivity index (χ4v) is 1.10. The Morgan fingerprint density at radius 1 is 1.50 bits per heavy atom. The van der Waals surface area contributed by atoms with Crippen molar-refractivity contribution in [2.45, 2.75) is 0 Å². The standard InChI is InChI=1S/C8H8N2O2/c1-12-6-2-3-7-8(4-6)10(11)5-9-7/h2-5,11H,1H3. The minimum Gasteiger partial charge on any atom is -0.497 e. The second-order valence-electron chi connectivity index (χ2n) is 2.44. The Morgan fingerprint density at radius 3 is 3.08 bits per heavy atom. The van der Waals surface area contributed by atoms with E-state index in [0.29, 0.717) is 11.3 Å². The fraction of sp³-hybridized carbons (Fsp3) is 0.125. The van der Waals surface area contributed by atoms with Crippen molar-refractivity contribution in [3.8, 4) is 5.75 Å². The second-order valence-corrected chi connectivity index (χ2v) is 2.44. The van der Waals surface area contributed by atoms with Crippen LogP contribution >= 0.6 is 0 Å². The molecule has 12 heavy (non-hydrogen) atoms. The average molecular weight is 164 g/mol. The molecule has 0 radical (unpaired) electrons. The van der Waals surface area contributed by atoms with E-state index < -0.39 is 0 Å². The largest absolute Gasteiger partial charge is 0.497 e. The number of hydrogen-bond acceptors (Lipinski definition) is 3. The highest BCUT2D eigenvalue weighted by atomic mass is 16.5. The minimum atomic E-state index is 0.648. The first-order valence-electron chi connectivity index (χ1n) is 3.51. The summed E-state index contributed by atoms with van der Waals surface area (Å²) in [5, 5.41) is 9.23. The number of aromatic nitrogens is 2. The lowest BCUT2D eigenvalue weighted by Gasteiger charge is -1.98. The zero-order valence-corrected chi connectivity index (χ0v) is 6.56. The highest BCUT2D eigenvalue weighted by Gasteiger charge is 2.01. The van der Waals surface area contributed by atoms with Crippen molar-refractivity contribution in [2.75, 3.05) is 7.11 Å². The molecule has 1 N–H and O–H groups in total. The van der Waals surface area contributed by atoms with Gasteiger partial charge in [-0.2, -0.15) is 4.73 Å². The number of hydrogen-bond donors (Lipinski definition) is 1. The summed E-state index contributed by atoms with van der Waals surface area (Å²) in [7, 11) is 1.58. The van der Waals surface area contributed by atoms with E-state index in [1.165, 1.54) is 6.33 Å². The molecular formula is C8H8N2O2. The first-order valence-corrected chi connectivity index (χ1v) is 3.51. The molecule has 62 valence electrons. The molecule has 0 aliphatic heterocycles. The molecule has 0 fully saturated rings. The fourth-order valence-electron chi connectivity index (χ4n) is 1.10. The quantitative estimate of drug-likeness (QED) is 0.646. The van der Waals surface area contributed by atoms with Crippen LogP contribution in [0.4, 0.5) is 0 Å². The lowest BCUT2D eigenvalue weighted by Crippen LogP contribution is -1.87. The normalized spacial score (nSPS) is 10.4. The molecule has 2 rings (SSSR count). The first-order chi connectivity index (χ1) is 5.81. The van der Waals surface area contributed by atoms with Crippen LogP contribution in [0.15, 0.2) is 24.5 Å². The van der Waals surface area contributed by atoms with Crippen molar-refractivity contribution in [1.29, 1.82) is 0 Å². The Labute approximate surface area is 69.0 Å². The van der Waals surface area contributed by atoms with Crippen LogP contribution in [0.25, 0.3) is 11.0 Å². The lowest BCUT2D eigenvalue weighted by atomic mass is 10.3. The van der Waals surface area contributed by atoms with E-state index in [2.05, 4.69) is 4.98 Å². The molecule has 0 bridgehead atoms. The van der Waals surface area contributed by atoms with Crippen LogP contribution in [-0.4, -0.2) is 22.0 Å². The smallest absolute Gasteiger partial charge is 0.133 e. The monoisotopic (exact) mass is 164 g/mol. The molecule has 0 unspecified atom stereocenters. The van der Waals surface area contributed by atoms with E-state index in [1.807, 2.05) is 0 Å². The molecule has 0 aliphatic carbocycles. The summed E-state index contributed by atoms with van der Waals surface area (Å²) < 4.78 is 5.96. The number of nitrogens with zero attached hydrogens (tertiary/aromatic N) is 2. The van der Waals surface area contributed by atoms with E-state index in [-0.39, 0.29) is 0 Å². The molecule has 0 amide bonds. The van der Waals surface area contributed by atoms with Crippen molar-refractivity contribution >= 4 is 11.0 Å². The number of rotatable bonds is 1. The lowest BCUT2D eigenvalue weighted by molar-refractivity contribution is 0.198. The van der Waals surface area contributed by atoms with Crippen LogP contribution in [0, 0.1) is 0 Å². The third kappa shape index (κ3) is 0.887. The summed E-state index contributed by atoms with van der Waals surface area (Å²) in [6, 6.07) is 5.32. The summed E-state index contributed by atoms with van der Waals surface area (Å²) in [5.74, 6) is 0.707. The van der Waals surface area contributed by atoms with Gasteiger partial charge in [-0.05, 0) is 12.1 Å². The van der Waals surface area contributed by atoms with Crippen LogP contribution in [0.5, 0.6) is 5.75 Å². The zero-order chi connectivity index (χ0) is 8.55. The molecule has 0 saturated heterocycles. The van der Waals surface area contributed by atoms with Crippen molar-refractivity contribution in [2.24, 2.45) is 0 Å². The van der Waals surface area contributed by atoms with Gasteiger partial charge in [0, 0.05) is 6.07 Å². The van der Waals surface area contributed by atoms with Crippen LogP contribution in [0.2, 0.25) is 0 Å². The summed E-state index contributed by atoms with van der Waals surface area (Å²) >= 11 is 0. The third-order valence-corrected chi connectivity index (χ3v) is 1.74. The number of imidazole rings is 1. The van der Waals surface area contributed by atoms with Gasteiger partial charge in [0.05, 0.1) is 12.6 Å². The number of ether oxygens (including phenoxy) is 1. The average Bonchev–Trinajstić information content (AvgIpc) is 2.47. The van der Waals surface area contributed by atoms with Crippen molar-refractivity contribution < 1.29 is 9.94 Å². The van der Waals surface area contributed by atoms with Crippen LogP contribution in [0.1, 0.15) is 0 Å². The van der Waals surface area contributed by atoms with E-state index in [1.54, 1.807) is 25.3 Å². The molecule has 4 heteroatoms. The third-order valence-electron chi connectivity index (χ3n) is 1.74. The summed E-state index contributed by atoms with van der Waals surface area (Å²) in [6.45, 7) is 0. The SMILES string of the molecule is COc1ccc2ncn(O)c2c1. The van der Waals surface area contributed by atoms with Gasteiger partial charge in [-0.1, -0.05) is 0 Å². The van der Waals surface area contributed by atoms with Crippen LogP contribution in [-0.2, 0) is 0 Å². The Kier molecular flexibility index (Phi) is 1.40. The highest BCUT2D eigenvalue weighted by Crippen LogP contribution is 2.18. The molecule has 0 aliphatic rings.